The van der Waals surface area contributed by atoms with E-state index in [-0.39, 0.29) is 0 Å². The fourth-order valence-electron chi connectivity index (χ4n) is 1.35. The van der Waals surface area contributed by atoms with Crippen LogP contribution in [0, 0.1) is 6.92 Å². The van der Waals surface area contributed by atoms with Crippen molar-refractivity contribution in [1.29, 1.82) is 0 Å². The number of halogens is 1. The summed E-state index contributed by atoms with van der Waals surface area (Å²) in [6.45, 7) is 1.83. The van der Waals surface area contributed by atoms with Crippen LogP contribution in [-0.4, -0.2) is 22.8 Å². The summed E-state index contributed by atoms with van der Waals surface area (Å²) in [6, 6.07) is 0. The van der Waals surface area contributed by atoms with E-state index in [1.807, 2.05) is 6.92 Å². The smallest absolute Gasteiger partial charge is 0.212 e. The van der Waals surface area contributed by atoms with Gasteiger partial charge in [-0.15, -0.1) is 5.10 Å². The lowest BCUT2D eigenvalue weighted by Crippen LogP contribution is -2.20. The zero-order chi connectivity index (χ0) is 10.4. The Kier molecular flexibility index (Phi) is 2.32. The number of aryl methyl sites for hydroxylation is 1. The minimum Gasteiger partial charge on any atom is -0.212 e. The fourth-order valence-corrected chi connectivity index (χ4v) is 3.75. The van der Waals surface area contributed by atoms with Crippen LogP contribution in [0.1, 0.15) is 23.4 Å². The molecule has 0 unspecified atom stereocenters. The average molecular weight is 253 g/mol. The van der Waals surface area contributed by atoms with E-state index in [0.29, 0.717) is 19.3 Å². The number of rotatable bonds is 3. The molecule has 1 aromatic rings. The normalized spacial score (nSPS) is 19.6. The molecule has 7 heteroatoms. The molecule has 1 saturated carbocycles. The summed E-state index contributed by atoms with van der Waals surface area (Å²) >= 11 is 1.25. The Balaban J connectivity index is 2.25. The van der Waals surface area contributed by atoms with Gasteiger partial charge in [-0.1, -0.05) is 4.49 Å². The second kappa shape index (κ2) is 3.15. The Bertz CT molecular complexity index is 450. The summed E-state index contributed by atoms with van der Waals surface area (Å²) in [4.78, 5) is 0.923. The number of hydrogen-bond acceptors (Lipinski definition) is 5. The lowest BCUT2D eigenvalue weighted by atomic mass is 10.2. The zero-order valence-corrected chi connectivity index (χ0v) is 9.92. The van der Waals surface area contributed by atoms with Crippen LogP contribution in [0.4, 0.5) is 0 Å². The van der Waals surface area contributed by atoms with Crippen molar-refractivity contribution in [2.45, 2.75) is 30.9 Å². The minimum absolute atomic E-state index is 0.461. The molecule has 0 bridgehead atoms. The molecule has 0 amide bonds. The van der Waals surface area contributed by atoms with E-state index >= 15 is 0 Å². The third-order valence-electron chi connectivity index (χ3n) is 2.55. The van der Waals surface area contributed by atoms with E-state index in [0.717, 1.165) is 10.6 Å². The van der Waals surface area contributed by atoms with Crippen molar-refractivity contribution in [1.82, 2.24) is 9.59 Å². The number of aromatic nitrogens is 2. The van der Waals surface area contributed by atoms with Crippen molar-refractivity contribution in [2.24, 2.45) is 0 Å². The Morgan fingerprint density at radius 1 is 1.57 bits per heavy atom. The second-order valence-electron chi connectivity index (χ2n) is 3.58. The summed E-state index contributed by atoms with van der Waals surface area (Å²) in [5, 5.41) is 3.84. The van der Waals surface area contributed by atoms with Gasteiger partial charge in [0, 0.05) is 17.1 Å². The van der Waals surface area contributed by atoms with Crippen LogP contribution >= 0.6 is 22.2 Å². The van der Waals surface area contributed by atoms with E-state index in [2.05, 4.69) is 9.59 Å². The highest BCUT2D eigenvalue weighted by atomic mass is 35.7. The molecule has 0 radical (unpaired) electrons. The lowest BCUT2D eigenvalue weighted by Gasteiger charge is -2.08. The van der Waals surface area contributed by atoms with E-state index < -0.39 is 13.8 Å². The molecular weight excluding hydrogens is 244 g/mol. The summed E-state index contributed by atoms with van der Waals surface area (Å²) in [5.74, 6) is 0. The van der Waals surface area contributed by atoms with E-state index in [1.165, 1.54) is 11.5 Å². The molecule has 0 aliphatic heterocycles. The van der Waals surface area contributed by atoms with Crippen molar-refractivity contribution in [3.63, 3.8) is 0 Å². The maximum absolute atomic E-state index is 11.3. The largest absolute Gasteiger partial charge is 0.238 e. The van der Waals surface area contributed by atoms with Crippen molar-refractivity contribution in [3.05, 3.63) is 10.6 Å². The van der Waals surface area contributed by atoms with Gasteiger partial charge >= 0.3 is 0 Å². The molecule has 1 aliphatic carbocycles. The Hall–Kier alpha value is -0.200. The molecule has 0 saturated heterocycles. The predicted octanol–water partition coefficient (Wildman–Crippen LogP) is 1.49. The summed E-state index contributed by atoms with van der Waals surface area (Å²) in [5.41, 5.74) is 0.807. The topological polar surface area (TPSA) is 59.9 Å². The maximum atomic E-state index is 11.3. The summed E-state index contributed by atoms with van der Waals surface area (Å²) < 4.78 is 25.6. The molecule has 78 valence electrons. The average Bonchev–Trinajstić information content (AvgIpc) is 2.73. The molecule has 1 heterocycles. The highest BCUT2D eigenvalue weighted by Crippen LogP contribution is 2.48. The predicted molar refractivity (Wildman–Crippen MR) is 55.1 cm³/mol. The van der Waals surface area contributed by atoms with Crippen LogP contribution in [0.3, 0.4) is 0 Å². The van der Waals surface area contributed by atoms with Crippen LogP contribution in [0.15, 0.2) is 0 Å². The van der Waals surface area contributed by atoms with Crippen molar-refractivity contribution in [2.75, 3.05) is 0 Å². The first-order valence-corrected chi connectivity index (χ1v) is 7.25. The highest BCUT2D eigenvalue weighted by molar-refractivity contribution is 8.15. The minimum atomic E-state index is -3.46. The fraction of sp³-hybridized carbons (Fsp3) is 0.714. The van der Waals surface area contributed by atoms with Gasteiger partial charge in [-0.3, -0.25) is 0 Å². The Morgan fingerprint density at radius 2 is 2.21 bits per heavy atom. The van der Waals surface area contributed by atoms with Gasteiger partial charge in [-0.05, 0) is 31.3 Å². The highest BCUT2D eigenvalue weighted by Gasteiger charge is 2.54. The molecule has 2 rings (SSSR count). The molecule has 1 fully saturated rings. The third kappa shape index (κ3) is 1.66. The maximum Gasteiger partial charge on any atom is 0.238 e. The van der Waals surface area contributed by atoms with Crippen LogP contribution < -0.4 is 0 Å². The SMILES string of the molecule is Cc1nnsc1CC1(S(=O)(=O)Cl)CC1. The first kappa shape index (κ1) is 10.3. The van der Waals surface area contributed by atoms with Crippen LogP contribution in [0.25, 0.3) is 0 Å². The molecule has 14 heavy (non-hydrogen) atoms. The van der Waals surface area contributed by atoms with Crippen molar-refractivity contribution < 1.29 is 8.42 Å². The van der Waals surface area contributed by atoms with Crippen LogP contribution in [-0.2, 0) is 15.5 Å². The monoisotopic (exact) mass is 252 g/mol. The first-order valence-electron chi connectivity index (χ1n) is 4.17. The van der Waals surface area contributed by atoms with Gasteiger partial charge in [0.25, 0.3) is 0 Å². The van der Waals surface area contributed by atoms with Gasteiger partial charge in [0.1, 0.15) is 0 Å². The van der Waals surface area contributed by atoms with Gasteiger partial charge in [0.05, 0.1) is 15.3 Å². The number of nitrogens with zero attached hydrogens (tertiary/aromatic N) is 2. The van der Waals surface area contributed by atoms with Gasteiger partial charge in [0.15, 0.2) is 0 Å². The van der Waals surface area contributed by atoms with Gasteiger partial charge in [-0.2, -0.15) is 0 Å². The zero-order valence-electron chi connectivity index (χ0n) is 7.53. The molecule has 1 aromatic heterocycles. The first-order chi connectivity index (χ1) is 6.45. The molecule has 1 aliphatic rings. The Labute approximate surface area is 90.9 Å². The third-order valence-corrected chi connectivity index (χ3v) is 5.95. The second-order valence-corrected chi connectivity index (χ2v) is 7.38. The van der Waals surface area contributed by atoms with Crippen LogP contribution in [0.2, 0.25) is 0 Å². The standard InChI is InChI=1S/C7H9ClN2O2S2/c1-5-6(13-10-9-5)4-7(2-3-7)14(8,11)12/h2-4H2,1H3. The van der Waals surface area contributed by atoms with Gasteiger partial charge < -0.3 is 0 Å². The lowest BCUT2D eigenvalue weighted by molar-refractivity contribution is 0.590. The molecule has 4 nitrogen and oxygen atoms in total. The quantitative estimate of drug-likeness (QED) is 0.765. The van der Waals surface area contributed by atoms with Gasteiger partial charge in [-0.25, -0.2) is 8.42 Å². The van der Waals surface area contributed by atoms with E-state index in [1.54, 1.807) is 0 Å². The van der Waals surface area contributed by atoms with E-state index in [9.17, 15) is 8.42 Å². The van der Waals surface area contributed by atoms with Gasteiger partial charge in [0.2, 0.25) is 9.05 Å². The van der Waals surface area contributed by atoms with Crippen molar-refractivity contribution >= 4 is 31.3 Å². The van der Waals surface area contributed by atoms with Crippen molar-refractivity contribution in [3.8, 4) is 0 Å². The summed E-state index contributed by atoms with van der Waals surface area (Å²) in [6.07, 6.45) is 1.76. The molecule has 0 spiro atoms. The summed E-state index contributed by atoms with van der Waals surface area (Å²) in [7, 11) is 1.93. The molecule has 0 aromatic carbocycles. The number of hydrogen-bond donors (Lipinski definition) is 0. The molecular formula is C7H9ClN2O2S2. The molecule has 0 atom stereocenters. The van der Waals surface area contributed by atoms with E-state index in [4.69, 9.17) is 10.7 Å². The molecule has 0 N–H and O–H groups in total. The van der Waals surface area contributed by atoms with Crippen LogP contribution in [0.5, 0.6) is 0 Å². The Morgan fingerprint density at radius 3 is 2.57 bits per heavy atom.